The van der Waals surface area contributed by atoms with Gasteiger partial charge in [0, 0.05) is 5.69 Å². The first kappa shape index (κ1) is 14.5. The molecule has 0 amide bonds. The molecule has 3 aliphatic rings. The number of rotatable bonds is 3. The van der Waals surface area contributed by atoms with E-state index in [1.54, 1.807) is 0 Å². The van der Waals surface area contributed by atoms with Gasteiger partial charge in [0.15, 0.2) is 6.29 Å². The van der Waals surface area contributed by atoms with Gasteiger partial charge >= 0.3 is 0 Å². The number of hydrogen-bond donors (Lipinski definition) is 2. The van der Waals surface area contributed by atoms with Crippen molar-refractivity contribution in [2.24, 2.45) is 5.73 Å². The average molecular weight is 316 g/mol. The Morgan fingerprint density at radius 3 is 3.17 bits per heavy atom. The van der Waals surface area contributed by atoms with Crippen molar-refractivity contribution in [3.8, 4) is 11.9 Å². The maximum absolute atomic E-state index is 9.73. The van der Waals surface area contributed by atoms with Crippen LogP contribution in [0.1, 0.15) is 43.9 Å². The molecule has 23 heavy (non-hydrogen) atoms. The Hall–Kier alpha value is -2.04. The van der Waals surface area contributed by atoms with Crippen LogP contribution in [0.25, 0.3) is 0 Å². The molecule has 0 unspecified atom stereocenters. The van der Waals surface area contributed by atoms with Crippen LogP contribution in [-0.2, 0) is 21.3 Å². The van der Waals surface area contributed by atoms with Gasteiger partial charge in [-0.3, -0.25) is 5.10 Å². The smallest absolute Gasteiger partial charge is 0.244 e. The van der Waals surface area contributed by atoms with E-state index >= 15 is 0 Å². The fourth-order valence-electron chi connectivity index (χ4n) is 3.93. The molecule has 2 saturated heterocycles. The lowest BCUT2D eigenvalue weighted by Gasteiger charge is -2.42. The predicted octanol–water partition coefficient (Wildman–Crippen LogP) is 1.61. The molecule has 3 N–H and O–H groups in total. The number of ether oxygens (including phenoxy) is 3. The first-order valence-corrected chi connectivity index (χ1v) is 8.13. The highest BCUT2D eigenvalue weighted by molar-refractivity contribution is 5.55. The zero-order chi connectivity index (χ0) is 16.0. The molecule has 2 fully saturated rings. The molecule has 1 aromatic heterocycles. The normalized spacial score (nSPS) is 31.8. The molecule has 0 aromatic carbocycles. The Labute approximate surface area is 134 Å². The van der Waals surface area contributed by atoms with Crippen molar-refractivity contribution in [3.05, 3.63) is 22.7 Å². The van der Waals surface area contributed by atoms with Crippen LogP contribution >= 0.6 is 0 Å². The number of aryl methyl sites for hydroxylation is 1. The van der Waals surface area contributed by atoms with E-state index in [0.29, 0.717) is 18.1 Å². The Morgan fingerprint density at radius 1 is 1.52 bits per heavy atom. The van der Waals surface area contributed by atoms with Crippen molar-refractivity contribution in [1.82, 2.24) is 10.2 Å². The van der Waals surface area contributed by atoms with Gasteiger partial charge in [0.2, 0.25) is 11.8 Å². The van der Waals surface area contributed by atoms with Gasteiger partial charge in [-0.2, -0.15) is 5.26 Å². The molecule has 1 aromatic rings. The summed E-state index contributed by atoms with van der Waals surface area (Å²) < 4.78 is 17.5. The van der Waals surface area contributed by atoms with Crippen LogP contribution in [0, 0.1) is 11.3 Å². The van der Waals surface area contributed by atoms with E-state index < -0.39 is 11.7 Å². The monoisotopic (exact) mass is 316 g/mol. The van der Waals surface area contributed by atoms with Gasteiger partial charge in [0.05, 0.1) is 23.7 Å². The van der Waals surface area contributed by atoms with Crippen LogP contribution in [0.15, 0.2) is 11.5 Å². The third-order valence-corrected chi connectivity index (χ3v) is 5.06. The number of nitrogens with zero attached hydrogens (tertiary/aromatic N) is 2. The lowest BCUT2D eigenvalue weighted by atomic mass is 9.68. The van der Waals surface area contributed by atoms with Crippen molar-refractivity contribution >= 4 is 0 Å². The van der Waals surface area contributed by atoms with Crippen molar-refractivity contribution in [2.75, 3.05) is 6.61 Å². The summed E-state index contributed by atoms with van der Waals surface area (Å²) in [5, 5.41) is 17.1. The second kappa shape index (κ2) is 5.25. The van der Waals surface area contributed by atoms with Crippen LogP contribution in [-0.4, -0.2) is 29.2 Å². The van der Waals surface area contributed by atoms with Gasteiger partial charge in [0.25, 0.3) is 0 Å². The summed E-state index contributed by atoms with van der Waals surface area (Å²) >= 11 is 0. The molecular formula is C16H20N4O3. The number of unbranched alkanes of at least 4 members (excludes halogenated alkanes) is 1. The first-order chi connectivity index (χ1) is 11.2. The quantitative estimate of drug-likeness (QED) is 0.877. The molecule has 3 aliphatic heterocycles. The minimum atomic E-state index is -0.713. The molecule has 122 valence electrons. The number of H-pyrrole nitrogens is 1. The number of nitrogens with one attached hydrogen (secondary N) is 1. The topological polar surface area (TPSA) is 106 Å². The molecule has 7 nitrogen and oxygen atoms in total. The van der Waals surface area contributed by atoms with E-state index in [-0.39, 0.29) is 12.0 Å². The highest BCUT2D eigenvalue weighted by Gasteiger charge is 2.58. The third kappa shape index (κ3) is 1.92. The number of nitriles is 1. The zero-order valence-corrected chi connectivity index (χ0v) is 13.1. The minimum Gasteiger partial charge on any atom is -0.420 e. The maximum Gasteiger partial charge on any atom is 0.244 e. The second-order valence-corrected chi connectivity index (χ2v) is 6.37. The van der Waals surface area contributed by atoms with Gasteiger partial charge in [-0.1, -0.05) is 13.3 Å². The predicted molar refractivity (Wildman–Crippen MR) is 80.2 cm³/mol. The first-order valence-electron chi connectivity index (χ1n) is 8.13. The lowest BCUT2D eigenvalue weighted by molar-refractivity contribution is -0.126. The Balaban J connectivity index is 1.89. The molecule has 7 heteroatoms. The van der Waals surface area contributed by atoms with Crippen LogP contribution in [0.3, 0.4) is 0 Å². The summed E-state index contributed by atoms with van der Waals surface area (Å²) in [7, 11) is 0. The van der Waals surface area contributed by atoms with Crippen LogP contribution < -0.4 is 10.5 Å². The zero-order valence-electron chi connectivity index (χ0n) is 13.1. The van der Waals surface area contributed by atoms with Gasteiger partial charge < -0.3 is 19.9 Å². The lowest BCUT2D eigenvalue weighted by Crippen LogP contribution is -2.48. The van der Waals surface area contributed by atoms with E-state index in [1.165, 1.54) is 0 Å². The van der Waals surface area contributed by atoms with Crippen LogP contribution in [0.4, 0.5) is 0 Å². The SMILES string of the molecule is CCCCc1[nH]nc2c1[C@]1(CC[C@H]3CO[C@H]1O3)C(C#N)=C(N)O2. The van der Waals surface area contributed by atoms with Gasteiger partial charge in [0.1, 0.15) is 11.6 Å². The molecule has 1 spiro atoms. The molecular weight excluding hydrogens is 296 g/mol. The summed E-state index contributed by atoms with van der Waals surface area (Å²) in [4.78, 5) is 0. The molecule has 4 heterocycles. The van der Waals surface area contributed by atoms with Crippen LogP contribution in [0.5, 0.6) is 5.88 Å². The van der Waals surface area contributed by atoms with Gasteiger partial charge in [-0.15, -0.1) is 5.10 Å². The maximum atomic E-state index is 9.73. The van der Waals surface area contributed by atoms with E-state index in [4.69, 9.17) is 19.9 Å². The molecule has 3 atom stereocenters. The molecule has 0 aliphatic carbocycles. The van der Waals surface area contributed by atoms with Gasteiger partial charge in [-0.25, -0.2) is 0 Å². The van der Waals surface area contributed by atoms with Crippen molar-refractivity contribution < 1.29 is 14.2 Å². The number of nitrogens with two attached hydrogens (primary N) is 1. The van der Waals surface area contributed by atoms with E-state index in [9.17, 15) is 5.26 Å². The summed E-state index contributed by atoms with van der Waals surface area (Å²) in [5.74, 6) is 0.552. The fraction of sp³-hybridized carbons (Fsp3) is 0.625. The van der Waals surface area contributed by atoms with Crippen LogP contribution in [0.2, 0.25) is 0 Å². The molecule has 0 radical (unpaired) electrons. The summed E-state index contributed by atoms with van der Waals surface area (Å²) in [6.45, 7) is 2.70. The molecule has 2 bridgehead atoms. The third-order valence-electron chi connectivity index (χ3n) is 5.06. The fourth-order valence-corrected chi connectivity index (χ4v) is 3.93. The van der Waals surface area contributed by atoms with Gasteiger partial charge in [-0.05, 0) is 25.7 Å². The summed E-state index contributed by atoms with van der Waals surface area (Å²) in [5.41, 5.74) is 7.58. The summed E-state index contributed by atoms with van der Waals surface area (Å²) in [6, 6.07) is 2.24. The van der Waals surface area contributed by atoms with Crippen molar-refractivity contribution in [1.29, 1.82) is 5.26 Å². The number of aromatic nitrogens is 2. The van der Waals surface area contributed by atoms with E-state index in [1.807, 2.05) is 0 Å². The highest BCUT2D eigenvalue weighted by atomic mass is 16.7. The molecule has 0 saturated carbocycles. The van der Waals surface area contributed by atoms with Crippen molar-refractivity contribution in [3.63, 3.8) is 0 Å². The second-order valence-electron chi connectivity index (χ2n) is 6.37. The number of aromatic amines is 1. The largest absolute Gasteiger partial charge is 0.420 e. The Morgan fingerprint density at radius 2 is 2.39 bits per heavy atom. The number of fused-ring (bicyclic) bond motifs is 5. The standard InChI is InChI=1S/C16H20N4O3/c1-2-3-4-11-12-14(20-19-11)23-13(18)10(7-17)16(12)6-5-9-8-21-15(16)22-9/h9,15H,2-6,8,18H2,1H3,(H,19,20)/t9-,15-,16-/m0/s1. The Kier molecular flexibility index (Phi) is 3.32. The van der Waals surface area contributed by atoms with E-state index in [2.05, 4.69) is 23.2 Å². The highest BCUT2D eigenvalue weighted by Crippen LogP contribution is 2.54. The van der Waals surface area contributed by atoms with Crippen molar-refractivity contribution in [2.45, 2.75) is 56.8 Å². The summed E-state index contributed by atoms with van der Waals surface area (Å²) in [6.07, 6.45) is 4.12. The average Bonchev–Trinajstić information content (AvgIpc) is 3.14. The minimum absolute atomic E-state index is 0.101. The molecule has 4 rings (SSSR count). The number of hydrogen-bond acceptors (Lipinski definition) is 6. The van der Waals surface area contributed by atoms with E-state index in [0.717, 1.165) is 43.4 Å². The Bertz CT molecular complexity index is 705.